The summed E-state index contributed by atoms with van der Waals surface area (Å²) in [4.78, 5) is 21.4. The molecule has 0 unspecified atom stereocenters. The highest BCUT2D eigenvalue weighted by atomic mass is 16.5. The molecular formula is C9H14O5. The summed E-state index contributed by atoms with van der Waals surface area (Å²) >= 11 is 0. The topological polar surface area (TPSA) is 83.8 Å². The zero-order valence-corrected chi connectivity index (χ0v) is 7.97. The Bertz CT molecular complexity index is 223. The molecule has 0 aromatic rings. The van der Waals surface area contributed by atoms with Crippen LogP contribution in [0.5, 0.6) is 0 Å². The standard InChI is InChI=1S/C9H14O5/c1-5-3-2-4-6(14-5)7(8(10)11)9(12)13/h5-7H,2-4H2,1H3,(H,10,11)(H,12,13)/t5-,6+/m1/s1. The first-order valence-corrected chi connectivity index (χ1v) is 4.63. The van der Waals surface area contributed by atoms with Crippen LogP contribution >= 0.6 is 0 Å². The SMILES string of the molecule is C[C@@H]1CCC[C@@H](C(C(=O)O)C(=O)O)O1. The largest absolute Gasteiger partial charge is 0.481 e. The summed E-state index contributed by atoms with van der Waals surface area (Å²) in [5.41, 5.74) is 0. The minimum atomic E-state index is -1.43. The number of aliphatic carboxylic acids is 2. The lowest BCUT2D eigenvalue weighted by atomic mass is 9.94. The number of hydrogen-bond acceptors (Lipinski definition) is 3. The lowest BCUT2D eigenvalue weighted by Crippen LogP contribution is -2.40. The van der Waals surface area contributed by atoms with Gasteiger partial charge in [0.05, 0.1) is 12.2 Å². The van der Waals surface area contributed by atoms with Crippen LogP contribution in [0.1, 0.15) is 26.2 Å². The molecule has 1 aliphatic rings. The van der Waals surface area contributed by atoms with E-state index in [1.807, 2.05) is 6.92 Å². The van der Waals surface area contributed by atoms with Crippen molar-refractivity contribution in [3.05, 3.63) is 0 Å². The van der Waals surface area contributed by atoms with Crippen molar-refractivity contribution in [2.24, 2.45) is 5.92 Å². The molecule has 0 aromatic heterocycles. The molecule has 0 spiro atoms. The molecule has 0 radical (unpaired) electrons. The van der Waals surface area contributed by atoms with Crippen LogP contribution in [-0.2, 0) is 14.3 Å². The predicted molar refractivity (Wildman–Crippen MR) is 46.9 cm³/mol. The Labute approximate surface area is 81.7 Å². The molecule has 5 nitrogen and oxygen atoms in total. The lowest BCUT2D eigenvalue weighted by molar-refractivity contribution is -0.167. The normalized spacial score (nSPS) is 27.6. The van der Waals surface area contributed by atoms with E-state index in [1.165, 1.54) is 0 Å². The molecule has 2 atom stereocenters. The number of carboxylic acid groups (broad SMARTS) is 2. The van der Waals surface area contributed by atoms with Crippen molar-refractivity contribution in [3.8, 4) is 0 Å². The second-order valence-corrected chi connectivity index (χ2v) is 3.57. The van der Waals surface area contributed by atoms with E-state index in [9.17, 15) is 9.59 Å². The van der Waals surface area contributed by atoms with E-state index in [2.05, 4.69) is 0 Å². The maximum absolute atomic E-state index is 10.7. The molecule has 1 heterocycles. The van der Waals surface area contributed by atoms with Crippen molar-refractivity contribution < 1.29 is 24.5 Å². The van der Waals surface area contributed by atoms with Gasteiger partial charge >= 0.3 is 11.9 Å². The van der Waals surface area contributed by atoms with Crippen LogP contribution in [0.15, 0.2) is 0 Å². The third-order valence-electron chi connectivity index (χ3n) is 2.41. The third-order valence-corrected chi connectivity index (χ3v) is 2.41. The number of hydrogen-bond donors (Lipinski definition) is 2. The van der Waals surface area contributed by atoms with Crippen molar-refractivity contribution in [1.82, 2.24) is 0 Å². The Morgan fingerprint density at radius 3 is 2.29 bits per heavy atom. The van der Waals surface area contributed by atoms with Crippen LogP contribution in [0, 0.1) is 5.92 Å². The Balaban J connectivity index is 2.67. The first-order chi connectivity index (χ1) is 6.52. The second-order valence-electron chi connectivity index (χ2n) is 3.57. The Morgan fingerprint density at radius 2 is 1.86 bits per heavy atom. The highest BCUT2D eigenvalue weighted by Crippen LogP contribution is 2.24. The fraction of sp³-hybridized carbons (Fsp3) is 0.778. The monoisotopic (exact) mass is 202 g/mol. The van der Waals surface area contributed by atoms with E-state index in [0.717, 1.165) is 12.8 Å². The summed E-state index contributed by atoms with van der Waals surface area (Å²) < 4.78 is 5.31. The van der Waals surface area contributed by atoms with Crippen molar-refractivity contribution in [1.29, 1.82) is 0 Å². The molecule has 1 saturated heterocycles. The fourth-order valence-electron chi connectivity index (χ4n) is 1.71. The molecule has 1 fully saturated rings. The van der Waals surface area contributed by atoms with Crippen LogP contribution in [0.4, 0.5) is 0 Å². The second kappa shape index (κ2) is 4.41. The van der Waals surface area contributed by atoms with Gasteiger partial charge in [0.2, 0.25) is 0 Å². The highest BCUT2D eigenvalue weighted by Gasteiger charge is 2.37. The molecule has 1 aliphatic heterocycles. The quantitative estimate of drug-likeness (QED) is 0.659. The van der Waals surface area contributed by atoms with Crippen LogP contribution in [0.25, 0.3) is 0 Å². The van der Waals surface area contributed by atoms with Gasteiger partial charge in [-0.15, -0.1) is 0 Å². The zero-order valence-electron chi connectivity index (χ0n) is 7.97. The minimum absolute atomic E-state index is 0.0463. The fourth-order valence-corrected chi connectivity index (χ4v) is 1.71. The number of carboxylic acids is 2. The van der Waals surface area contributed by atoms with E-state index in [-0.39, 0.29) is 6.10 Å². The molecule has 80 valence electrons. The number of ether oxygens (including phenoxy) is 1. The van der Waals surface area contributed by atoms with Gasteiger partial charge in [-0.3, -0.25) is 9.59 Å². The first kappa shape index (κ1) is 11.0. The zero-order chi connectivity index (χ0) is 10.7. The predicted octanol–water partition coefficient (Wildman–Crippen LogP) is 0.729. The van der Waals surface area contributed by atoms with Crippen molar-refractivity contribution in [2.45, 2.75) is 38.4 Å². The molecule has 2 N–H and O–H groups in total. The van der Waals surface area contributed by atoms with Crippen LogP contribution in [0.2, 0.25) is 0 Å². The average Bonchev–Trinajstić information content (AvgIpc) is 2.02. The van der Waals surface area contributed by atoms with Gasteiger partial charge in [-0.25, -0.2) is 0 Å². The van der Waals surface area contributed by atoms with Crippen molar-refractivity contribution in [3.63, 3.8) is 0 Å². The van der Waals surface area contributed by atoms with E-state index < -0.39 is 24.0 Å². The van der Waals surface area contributed by atoms with Gasteiger partial charge in [0.25, 0.3) is 0 Å². The Morgan fingerprint density at radius 1 is 1.29 bits per heavy atom. The van der Waals surface area contributed by atoms with Crippen molar-refractivity contribution in [2.75, 3.05) is 0 Å². The summed E-state index contributed by atoms with van der Waals surface area (Å²) in [6, 6.07) is 0. The molecule has 1 rings (SSSR count). The molecule has 0 saturated carbocycles. The van der Waals surface area contributed by atoms with Gasteiger partial charge in [-0.1, -0.05) is 0 Å². The van der Waals surface area contributed by atoms with Gasteiger partial charge in [0, 0.05) is 0 Å². The molecule has 0 amide bonds. The number of rotatable bonds is 3. The van der Waals surface area contributed by atoms with Gasteiger partial charge in [0.15, 0.2) is 5.92 Å². The van der Waals surface area contributed by atoms with E-state index in [0.29, 0.717) is 6.42 Å². The van der Waals surface area contributed by atoms with Gasteiger partial charge in [0.1, 0.15) is 0 Å². The molecule has 14 heavy (non-hydrogen) atoms. The van der Waals surface area contributed by atoms with Crippen molar-refractivity contribution >= 4 is 11.9 Å². The van der Waals surface area contributed by atoms with E-state index in [4.69, 9.17) is 14.9 Å². The average molecular weight is 202 g/mol. The van der Waals surface area contributed by atoms with Crippen LogP contribution in [-0.4, -0.2) is 34.4 Å². The summed E-state index contributed by atoms with van der Waals surface area (Å²) in [7, 11) is 0. The summed E-state index contributed by atoms with van der Waals surface area (Å²) in [6.45, 7) is 1.83. The summed E-state index contributed by atoms with van der Waals surface area (Å²) in [5, 5.41) is 17.4. The molecule has 0 bridgehead atoms. The smallest absolute Gasteiger partial charge is 0.320 e. The van der Waals surface area contributed by atoms with Crippen LogP contribution in [0.3, 0.4) is 0 Å². The van der Waals surface area contributed by atoms with E-state index >= 15 is 0 Å². The molecule has 0 aliphatic carbocycles. The highest BCUT2D eigenvalue weighted by molar-refractivity contribution is 5.93. The van der Waals surface area contributed by atoms with Gasteiger partial charge in [-0.05, 0) is 26.2 Å². The first-order valence-electron chi connectivity index (χ1n) is 4.63. The summed E-state index contributed by atoms with van der Waals surface area (Å²) in [6.07, 6.45) is 1.46. The van der Waals surface area contributed by atoms with Gasteiger partial charge < -0.3 is 14.9 Å². The van der Waals surface area contributed by atoms with Gasteiger partial charge in [-0.2, -0.15) is 0 Å². The van der Waals surface area contributed by atoms with E-state index in [1.54, 1.807) is 0 Å². The minimum Gasteiger partial charge on any atom is -0.481 e. The third kappa shape index (κ3) is 2.45. The maximum atomic E-state index is 10.7. The molecular weight excluding hydrogens is 188 g/mol. The molecule has 0 aromatic carbocycles. The maximum Gasteiger partial charge on any atom is 0.320 e. The summed E-state index contributed by atoms with van der Waals surface area (Å²) in [5.74, 6) is -4.08. The Hall–Kier alpha value is -1.10. The molecule has 5 heteroatoms. The van der Waals surface area contributed by atoms with Crippen LogP contribution < -0.4 is 0 Å². The lowest BCUT2D eigenvalue weighted by Gasteiger charge is -2.29. The Kier molecular flexibility index (Phi) is 3.46. The number of carbonyl (C=O) groups is 2.